The molecule has 1 atom stereocenters. The van der Waals surface area contributed by atoms with E-state index in [0.29, 0.717) is 10.7 Å². The average molecular weight is 461 g/mol. The fraction of sp³-hybridized carbons (Fsp3) is 0.143. The van der Waals surface area contributed by atoms with Crippen molar-refractivity contribution in [3.05, 3.63) is 58.6 Å². The molecule has 2 N–H and O–H groups in total. The van der Waals surface area contributed by atoms with Gasteiger partial charge in [0.1, 0.15) is 5.57 Å². The van der Waals surface area contributed by atoms with E-state index >= 15 is 0 Å². The van der Waals surface area contributed by atoms with E-state index in [1.165, 1.54) is 26.2 Å². The first-order valence-electron chi connectivity index (χ1n) is 8.96. The second-order valence-corrected chi connectivity index (χ2v) is 7.24. The number of carbonyl (C=O) groups excluding carboxylic acids is 2. The van der Waals surface area contributed by atoms with Gasteiger partial charge in [0.2, 0.25) is 0 Å². The number of thiocarbonyl (C=S) groups is 1. The largest absolute Gasteiger partial charge is 0.493 e. The minimum atomic E-state index is -1.19. The molecule has 0 aliphatic carbocycles. The molecule has 0 bridgehead atoms. The van der Waals surface area contributed by atoms with Crippen LogP contribution in [0.5, 0.6) is 11.5 Å². The zero-order chi connectivity index (χ0) is 22.7. The van der Waals surface area contributed by atoms with Crippen LogP contribution in [-0.4, -0.2) is 41.2 Å². The lowest BCUT2D eigenvalue weighted by Gasteiger charge is -2.29. The molecule has 0 unspecified atom stereocenters. The molecule has 1 fully saturated rings. The average Bonchev–Trinajstić information content (AvgIpc) is 2.71. The van der Waals surface area contributed by atoms with Crippen LogP contribution in [0.2, 0.25) is 5.02 Å². The van der Waals surface area contributed by atoms with Gasteiger partial charge in [0.05, 0.1) is 12.8 Å². The predicted molar refractivity (Wildman–Crippen MR) is 118 cm³/mol. The molecular formula is C21H17ClN2O6S. The molecule has 2 amide bonds. The van der Waals surface area contributed by atoms with Gasteiger partial charge in [0.15, 0.2) is 22.7 Å². The first-order chi connectivity index (χ1) is 14.7. The molecule has 1 saturated heterocycles. The molecule has 1 aliphatic heterocycles. The normalized spacial score (nSPS) is 16.2. The summed E-state index contributed by atoms with van der Waals surface area (Å²) in [4.78, 5) is 38.1. The number of benzene rings is 2. The Morgan fingerprint density at radius 3 is 2.61 bits per heavy atom. The van der Waals surface area contributed by atoms with Crippen molar-refractivity contribution in [3.8, 4) is 11.5 Å². The summed E-state index contributed by atoms with van der Waals surface area (Å²) in [5.41, 5.74) is 0.439. The Hall–Kier alpha value is -3.43. The van der Waals surface area contributed by atoms with Gasteiger partial charge < -0.3 is 14.6 Å². The summed E-state index contributed by atoms with van der Waals surface area (Å²) >= 11 is 11.2. The van der Waals surface area contributed by atoms with Crippen LogP contribution in [0, 0.1) is 0 Å². The molecule has 8 nitrogen and oxygen atoms in total. The van der Waals surface area contributed by atoms with E-state index in [1.807, 2.05) is 0 Å². The molecule has 0 radical (unpaired) electrons. The number of rotatable bonds is 6. The molecule has 3 rings (SSSR count). The number of nitrogens with zero attached hydrogens (tertiary/aromatic N) is 1. The molecular weight excluding hydrogens is 444 g/mol. The van der Waals surface area contributed by atoms with E-state index in [4.69, 9.17) is 33.3 Å². The van der Waals surface area contributed by atoms with E-state index in [1.54, 1.807) is 36.4 Å². The van der Waals surface area contributed by atoms with Crippen molar-refractivity contribution >= 4 is 58.5 Å². The summed E-state index contributed by atoms with van der Waals surface area (Å²) in [6.07, 6.45) is 0.100. The van der Waals surface area contributed by atoms with Gasteiger partial charge in [-0.15, -0.1) is 0 Å². The highest BCUT2D eigenvalue weighted by Gasteiger charge is 2.35. The number of methoxy groups -OCH3 is 1. The lowest BCUT2D eigenvalue weighted by Crippen LogP contribution is -2.54. The van der Waals surface area contributed by atoms with Crippen molar-refractivity contribution in [1.82, 2.24) is 5.32 Å². The predicted octanol–water partition coefficient (Wildman–Crippen LogP) is 3.03. The Bertz CT molecular complexity index is 1120. The number of ether oxygens (including phenoxy) is 2. The van der Waals surface area contributed by atoms with E-state index < -0.39 is 23.9 Å². The molecule has 2 aromatic carbocycles. The second-order valence-electron chi connectivity index (χ2n) is 6.41. The number of hydrogen-bond acceptors (Lipinski definition) is 6. The third-order valence-electron chi connectivity index (χ3n) is 4.34. The molecule has 1 aliphatic rings. The molecule has 160 valence electrons. The van der Waals surface area contributed by atoms with Gasteiger partial charge in [0.25, 0.3) is 11.8 Å². The maximum Gasteiger partial charge on any atom is 0.344 e. The molecule has 0 aromatic heterocycles. The van der Waals surface area contributed by atoms with Crippen molar-refractivity contribution in [1.29, 1.82) is 0 Å². The SMILES string of the molecule is COc1cccc(/C=C2\C(=O)NC(=S)N(c3cccc(Cl)c3)C2=O)c1O[C@H](C)C(=O)O. The number of nitrogens with one attached hydrogen (secondary N) is 1. The first-order valence-corrected chi connectivity index (χ1v) is 9.75. The van der Waals surface area contributed by atoms with Crippen molar-refractivity contribution in [2.24, 2.45) is 0 Å². The monoisotopic (exact) mass is 460 g/mol. The van der Waals surface area contributed by atoms with Crippen LogP contribution in [0.4, 0.5) is 5.69 Å². The summed E-state index contributed by atoms with van der Waals surface area (Å²) in [5, 5.41) is 12.0. The third kappa shape index (κ3) is 4.68. The maximum absolute atomic E-state index is 13.2. The Balaban J connectivity index is 2.08. The summed E-state index contributed by atoms with van der Waals surface area (Å²) in [5.74, 6) is -2.23. The molecule has 0 saturated carbocycles. The Morgan fingerprint density at radius 1 is 1.26 bits per heavy atom. The van der Waals surface area contributed by atoms with Crippen molar-refractivity contribution in [2.45, 2.75) is 13.0 Å². The lowest BCUT2D eigenvalue weighted by atomic mass is 10.1. The number of hydrogen-bond donors (Lipinski definition) is 2. The van der Waals surface area contributed by atoms with Crippen LogP contribution in [-0.2, 0) is 14.4 Å². The van der Waals surface area contributed by atoms with Crippen molar-refractivity contribution in [2.75, 3.05) is 12.0 Å². The van der Waals surface area contributed by atoms with E-state index in [-0.39, 0.29) is 27.7 Å². The number of carboxylic acids is 1. The highest BCUT2D eigenvalue weighted by Crippen LogP contribution is 2.34. The van der Waals surface area contributed by atoms with Crippen LogP contribution in [0.25, 0.3) is 6.08 Å². The Labute approximate surface area is 188 Å². The summed E-state index contributed by atoms with van der Waals surface area (Å²) in [7, 11) is 1.39. The van der Waals surface area contributed by atoms with Crippen LogP contribution in [0.3, 0.4) is 0 Å². The topological polar surface area (TPSA) is 105 Å². The summed E-state index contributed by atoms with van der Waals surface area (Å²) in [6, 6.07) is 11.2. The minimum absolute atomic E-state index is 0.0791. The van der Waals surface area contributed by atoms with Crippen LogP contribution in [0.1, 0.15) is 12.5 Å². The molecule has 31 heavy (non-hydrogen) atoms. The van der Waals surface area contributed by atoms with Crippen molar-refractivity contribution < 1.29 is 29.0 Å². The minimum Gasteiger partial charge on any atom is -0.493 e. The number of aliphatic carboxylic acids is 1. The van der Waals surface area contributed by atoms with Gasteiger partial charge >= 0.3 is 5.97 Å². The molecule has 0 spiro atoms. The van der Waals surface area contributed by atoms with Gasteiger partial charge in [0, 0.05) is 10.6 Å². The second kappa shape index (κ2) is 9.15. The quantitative estimate of drug-likeness (QED) is 0.388. The number of amides is 2. The van der Waals surface area contributed by atoms with Crippen LogP contribution >= 0.6 is 23.8 Å². The number of halogens is 1. The van der Waals surface area contributed by atoms with Crippen LogP contribution in [0.15, 0.2) is 48.0 Å². The summed E-state index contributed by atoms with van der Waals surface area (Å²) < 4.78 is 10.8. The highest BCUT2D eigenvalue weighted by atomic mass is 35.5. The number of carboxylic acid groups (broad SMARTS) is 1. The third-order valence-corrected chi connectivity index (χ3v) is 4.86. The number of carbonyl (C=O) groups is 3. The van der Waals surface area contributed by atoms with Crippen LogP contribution < -0.4 is 19.7 Å². The zero-order valence-electron chi connectivity index (χ0n) is 16.4. The Kier molecular flexibility index (Phi) is 6.57. The lowest BCUT2D eigenvalue weighted by molar-refractivity contribution is -0.144. The maximum atomic E-state index is 13.2. The summed E-state index contributed by atoms with van der Waals surface area (Å²) in [6.45, 7) is 1.35. The number of anilines is 1. The molecule has 2 aromatic rings. The van der Waals surface area contributed by atoms with Gasteiger partial charge in [-0.3, -0.25) is 19.8 Å². The molecule has 10 heteroatoms. The first kappa shape index (κ1) is 22.3. The van der Waals surface area contributed by atoms with Gasteiger partial charge in [-0.25, -0.2) is 4.79 Å². The van der Waals surface area contributed by atoms with E-state index in [9.17, 15) is 19.5 Å². The standard InChI is InChI=1S/C21H17ClN2O6S/c1-11(20(27)28)30-17-12(5-3-8-16(17)29-2)9-15-18(25)23-21(31)24(19(15)26)14-7-4-6-13(22)10-14/h3-11H,1-2H3,(H,27,28)(H,23,25,31)/b15-9+/t11-/m1/s1. The van der Waals surface area contributed by atoms with E-state index in [0.717, 1.165) is 4.90 Å². The smallest absolute Gasteiger partial charge is 0.344 e. The fourth-order valence-corrected chi connectivity index (χ4v) is 3.29. The molecule has 1 heterocycles. The zero-order valence-corrected chi connectivity index (χ0v) is 18.0. The fourth-order valence-electron chi connectivity index (χ4n) is 2.82. The number of para-hydroxylation sites is 1. The van der Waals surface area contributed by atoms with Gasteiger partial charge in [-0.2, -0.15) is 0 Å². The van der Waals surface area contributed by atoms with Gasteiger partial charge in [-0.1, -0.05) is 29.8 Å². The van der Waals surface area contributed by atoms with Crippen molar-refractivity contribution in [3.63, 3.8) is 0 Å². The highest BCUT2D eigenvalue weighted by molar-refractivity contribution is 7.80. The van der Waals surface area contributed by atoms with Gasteiger partial charge in [-0.05, 0) is 49.5 Å². The Morgan fingerprint density at radius 2 is 1.97 bits per heavy atom. The van der Waals surface area contributed by atoms with E-state index in [2.05, 4.69) is 5.32 Å².